The van der Waals surface area contributed by atoms with Gasteiger partial charge in [0.1, 0.15) is 5.82 Å². The summed E-state index contributed by atoms with van der Waals surface area (Å²) in [6, 6.07) is 8.07. The summed E-state index contributed by atoms with van der Waals surface area (Å²) in [5, 5.41) is 0. The molecule has 1 aromatic carbocycles. The third-order valence-corrected chi connectivity index (χ3v) is 3.17. The van der Waals surface area contributed by atoms with Gasteiger partial charge in [-0.15, -0.1) is 0 Å². The zero-order valence-corrected chi connectivity index (χ0v) is 9.73. The lowest BCUT2D eigenvalue weighted by Gasteiger charge is -2.05. The zero-order chi connectivity index (χ0) is 11.8. The molecule has 88 valence electrons. The molecule has 0 bridgehead atoms. The number of aromatic nitrogens is 2. The first-order valence-corrected chi connectivity index (χ1v) is 5.78. The summed E-state index contributed by atoms with van der Waals surface area (Å²) in [5.74, 6) is 0.895. The molecule has 0 saturated carbocycles. The van der Waals surface area contributed by atoms with Gasteiger partial charge in [-0.3, -0.25) is 0 Å². The number of rotatable bonds is 2. The minimum absolute atomic E-state index is 0.0834. The predicted octanol–water partition coefficient (Wildman–Crippen LogP) is 2.13. The normalized spacial score (nSPS) is 18.4. The highest BCUT2D eigenvalue weighted by Crippen LogP contribution is 2.31. The lowest BCUT2D eigenvalue weighted by molar-refractivity contribution is 0.0762. The summed E-state index contributed by atoms with van der Waals surface area (Å²) in [5.41, 5.74) is 10.0. The highest BCUT2D eigenvalue weighted by Gasteiger charge is 2.24. The van der Waals surface area contributed by atoms with Gasteiger partial charge in [-0.1, -0.05) is 24.3 Å². The van der Waals surface area contributed by atoms with E-state index in [9.17, 15) is 0 Å². The van der Waals surface area contributed by atoms with Crippen molar-refractivity contribution in [2.75, 3.05) is 0 Å². The molecule has 1 unspecified atom stereocenters. The number of H-pyrrole nitrogens is 1. The molecule has 1 atom stereocenters. The van der Waals surface area contributed by atoms with Crippen molar-refractivity contribution in [3.05, 3.63) is 41.2 Å². The monoisotopic (exact) mass is 229 g/mol. The van der Waals surface area contributed by atoms with E-state index in [0.29, 0.717) is 13.2 Å². The Hall–Kier alpha value is -1.65. The van der Waals surface area contributed by atoms with Crippen LogP contribution in [0.3, 0.4) is 0 Å². The van der Waals surface area contributed by atoms with Crippen LogP contribution in [0.15, 0.2) is 24.3 Å². The molecule has 0 aliphatic carbocycles. The van der Waals surface area contributed by atoms with Crippen LogP contribution in [-0.4, -0.2) is 9.97 Å². The molecule has 0 radical (unpaired) electrons. The van der Waals surface area contributed by atoms with Crippen molar-refractivity contribution < 1.29 is 4.74 Å². The Morgan fingerprint density at radius 3 is 3.06 bits per heavy atom. The molecule has 0 fully saturated rings. The molecule has 2 aromatic rings. The third-order valence-electron chi connectivity index (χ3n) is 3.17. The van der Waals surface area contributed by atoms with Crippen LogP contribution < -0.4 is 5.73 Å². The van der Waals surface area contributed by atoms with Gasteiger partial charge < -0.3 is 15.5 Å². The van der Waals surface area contributed by atoms with E-state index in [4.69, 9.17) is 10.5 Å². The highest BCUT2D eigenvalue weighted by atomic mass is 16.5. The zero-order valence-electron chi connectivity index (χ0n) is 9.73. The fraction of sp³-hybridized carbons (Fsp3) is 0.308. The maximum absolute atomic E-state index is 5.74. The summed E-state index contributed by atoms with van der Waals surface area (Å²) in [6.07, 6.45) is 0.0834. The summed E-state index contributed by atoms with van der Waals surface area (Å²) >= 11 is 0. The largest absolute Gasteiger partial charge is 0.366 e. The van der Waals surface area contributed by atoms with Crippen molar-refractivity contribution in [1.29, 1.82) is 0 Å². The summed E-state index contributed by atoms with van der Waals surface area (Å²) < 4.78 is 5.49. The maximum Gasteiger partial charge on any atom is 0.138 e. The second-order valence-corrected chi connectivity index (χ2v) is 4.26. The van der Waals surface area contributed by atoms with Gasteiger partial charge in [0, 0.05) is 12.1 Å². The van der Waals surface area contributed by atoms with E-state index in [1.54, 1.807) is 0 Å². The Bertz CT molecular complexity index is 547. The maximum atomic E-state index is 5.74. The molecule has 4 nitrogen and oxygen atoms in total. The lowest BCUT2D eigenvalue weighted by Crippen LogP contribution is -2.00. The minimum Gasteiger partial charge on any atom is -0.366 e. The molecule has 0 spiro atoms. The number of hydrogen-bond acceptors (Lipinski definition) is 3. The molecule has 1 aliphatic rings. The van der Waals surface area contributed by atoms with Crippen molar-refractivity contribution in [2.24, 2.45) is 5.73 Å². The van der Waals surface area contributed by atoms with Gasteiger partial charge in [0.25, 0.3) is 0 Å². The number of nitrogens with two attached hydrogens (primary N) is 1. The molecule has 0 saturated heterocycles. The quantitative estimate of drug-likeness (QED) is 0.829. The standard InChI is InChI=1S/C13H15N3O/c1-8-12-11(7-17-8)15-13(16-12)10-5-3-2-4-9(10)6-14/h2-5,8H,6-7,14H2,1H3,(H,15,16). The van der Waals surface area contributed by atoms with Gasteiger partial charge in [-0.05, 0) is 12.5 Å². The lowest BCUT2D eigenvalue weighted by atomic mass is 10.1. The Kier molecular flexibility index (Phi) is 2.46. The number of nitrogens with one attached hydrogen (secondary N) is 1. The van der Waals surface area contributed by atoms with E-state index in [2.05, 4.69) is 9.97 Å². The van der Waals surface area contributed by atoms with Crippen LogP contribution in [0.5, 0.6) is 0 Å². The van der Waals surface area contributed by atoms with E-state index in [1.807, 2.05) is 31.2 Å². The van der Waals surface area contributed by atoms with Crippen LogP contribution in [0, 0.1) is 0 Å². The minimum atomic E-state index is 0.0834. The molecule has 3 N–H and O–H groups in total. The van der Waals surface area contributed by atoms with Crippen molar-refractivity contribution in [3.63, 3.8) is 0 Å². The van der Waals surface area contributed by atoms with E-state index in [-0.39, 0.29) is 6.10 Å². The van der Waals surface area contributed by atoms with Gasteiger partial charge in [0.2, 0.25) is 0 Å². The molecule has 0 amide bonds. The first-order valence-electron chi connectivity index (χ1n) is 5.78. The molecular weight excluding hydrogens is 214 g/mol. The van der Waals surface area contributed by atoms with Crippen LogP contribution in [-0.2, 0) is 17.9 Å². The molecule has 1 aromatic heterocycles. The molecule has 17 heavy (non-hydrogen) atoms. The second-order valence-electron chi connectivity index (χ2n) is 4.26. The Labute approximate surface area is 99.8 Å². The summed E-state index contributed by atoms with van der Waals surface area (Å²) in [6.45, 7) is 3.16. The van der Waals surface area contributed by atoms with Crippen LogP contribution in [0.25, 0.3) is 11.4 Å². The number of hydrogen-bond donors (Lipinski definition) is 2. The van der Waals surface area contributed by atoms with Gasteiger partial charge in [-0.25, -0.2) is 4.98 Å². The van der Waals surface area contributed by atoms with Crippen molar-refractivity contribution >= 4 is 0 Å². The smallest absolute Gasteiger partial charge is 0.138 e. The first-order chi connectivity index (χ1) is 8.29. The average Bonchev–Trinajstić information content (AvgIpc) is 2.92. The van der Waals surface area contributed by atoms with Crippen LogP contribution in [0.4, 0.5) is 0 Å². The molecular formula is C13H15N3O. The van der Waals surface area contributed by atoms with E-state index >= 15 is 0 Å². The average molecular weight is 229 g/mol. The number of fused-ring (bicyclic) bond motifs is 1. The Balaban J connectivity index is 2.07. The molecule has 2 heterocycles. The Morgan fingerprint density at radius 1 is 1.47 bits per heavy atom. The summed E-state index contributed by atoms with van der Waals surface area (Å²) in [7, 11) is 0. The van der Waals surface area contributed by atoms with E-state index in [0.717, 1.165) is 28.3 Å². The number of aromatic amines is 1. The van der Waals surface area contributed by atoms with Crippen LogP contribution in [0.1, 0.15) is 30.0 Å². The van der Waals surface area contributed by atoms with Gasteiger partial charge in [-0.2, -0.15) is 0 Å². The topological polar surface area (TPSA) is 63.9 Å². The van der Waals surface area contributed by atoms with Crippen molar-refractivity contribution in [2.45, 2.75) is 26.2 Å². The van der Waals surface area contributed by atoms with E-state index < -0.39 is 0 Å². The number of ether oxygens (including phenoxy) is 1. The van der Waals surface area contributed by atoms with Crippen LogP contribution in [0.2, 0.25) is 0 Å². The number of benzene rings is 1. The molecule has 1 aliphatic heterocycles. The third kappa shape index (κ3) is 1.66. The van der Waals surface area contributed by atoms with Crippen molar-refractivity contribution in [1.82, 2.24) is 9.97 Å². The van der Waals surface area contributed by atoms with E-state index in [1.165, 1.54) is 0 Å². The van der Waals surface area contributed by atoms with Crippen molar-refractivity contribution in [3.8, 4) is 11.4 Å². The van der Waals surface area contributed by atoms with Crippen LogP contribution >= 0.6 is 0 Å². The predicted molar refractivity (Wildman–Crippen MR) is 65.1 cm³/mol. The Morgan fingerprint density at radius 2 is 2.29 bits per heavy atom. The number of imidazole rings is 1. The van der Waals surface area contributed by atoms with Gasteiger partial charge in [0.15, 0.2) is 0 Å². The van der Waals surface area contributed by atoms with Gasteiger partial charge in [0.05, 0.1) is 24.1 Å². The SMILES string of the molecule is CC1OCc2[nH]c(-c3ccccc3CN)nc21. The summed E-state index contributed by atoms with van der Waals surface area (Å²) in [4.78, 5) is 7.94. The second kappa shape index (κ2) is 3.98. The fourth-order valence-corrected chi connectivity index (χ4v) is 2.21. The van der Waals surface area contributed by atoms with Gasteiger partial charge >= 0.3 is 0 Å². The number of nitrogens with zero attached hydrogens (tertiary/aromatic N) is 1. The molecule has 4 heteroatoms. The fourth-order valence-electron chi connectivity index (χ4n) is 2.21. The first kappa shape index (κ1) is 10.5. The highest BCUT2D eigenvalue weighted by molar-refractivity contribution is 5.61. The molecule has 3 rings (SSSR count).